The van der Waals surface area contributed by atoms with Crippen molar-refractivity contribution in [2.24, 2.45) is 0 Å². The molecule has 0 unspecified atom stereocenters. The van der Waals surface area contributed by atoms with E-state index in [1.54, 1.807) is 35.2 Å². The summed E-state index contributed by atoms with van der Waals surface area (Å²) in [7, 11) is 0. The summed E-state index contributed by atoms with van der Waals surface area (Å²) in [5.41, 5.74) is 0.0918. The molecule has 20 heavy (non-hydrogen) atoms. The van der Waals surface area contributed by atoms with Crippen molar-refractivity contribution in [3.8, 4) is 0 Å². The lowest BCUT2D eigenvalue weighted by Crippen LogP contribution is -2.20. The van der Waals surface area contributed by atoms with E-state index in [0.29, 0.717) is 16.0 Å². The number of carboxylic acids is 1. The molecule has 1 aliphatic carbocycles. The van der Waals surface area contributed by atoms with Crippen LogP contribution in [-0.4, -0.2) is 20.6 Å². The minimum atomic E-state index is -0.983. The van der Waals surface area contributed by atoms with Crippen LogP contribution in [0.1, 0.15) is 29.2 Å². The molecule has 6 heteroatoms. The van der Waals surface area contributed by atoms with Gasteiger partial charge in [-0.15, -0.1) is 0 Å². The Morgan fingerprint density at radius 2 is 2.20 bits per heavy atom. The average Bonchev–Trinajstić information content (AvgIpc) is 3.26. The van der Waals surface area contributed by atoms with Crippen LogP contribution in [0.15, 0.2) is 51.4 Å². The molecular formula is C14H12N2O3S. The minimum absolute atomic E-state index is 0.110. The maximum absolute atomic E-state index is 12.2. The van der Waals surface area contributed by atoms with E-state index in [9.17, 15) is 9.59 Å². The zero-order valence-electron chi connectivity index (χ0n) is 10.5. The molecule has 2 aromatic rings. The van der Waals surface area contributed by atoms with Crippen molar-refractivity contribution in [1.82, 2.24) is 9.55 Å². The van der Waals surface area contributed by atoms with Crippen molar-refractivity contribution in [2.75, 3.05) is 0 Å². The van der Waals surface area contributed by atoms with Crippen LogP contribution in [0.4, 0.5) is 0 Å². The topological polar surface area (TPSA) is 72.2 Å². The van der Waals surface area contributed by atoms with Crippen molar-refractivity contribution in [2.45, 2.75) is 28.8 Å². The van der Waals surface area contributed by atoms with E-state index in [4.69, 9.17) is 5.11 Å². The zero-order valence-corrected chi connectivity index (χ0v) is 11.3. The number of rotatable bonds is 4. The van der Waals surface area contributed by atoms with Crippen LogP contribution in [-0.2, 0) is 0 Å². The van der Waals surface area contributed by atoms with E-state index in [1.165, 1.54) is 17.8 Å². The summed E-state index contributed by atoms with van der Waals surface area (Å²) in [6.45, 7) is 0. The van der Waals surface area contributed by atoms with Crippen LogP contribution in [0.25, 0.3) is 0 Å². The fourth-order valence-corrected chi connectivity index (χ4v) is 2.78. The molecule has 0 spiro atoms. The number of nitrogens with zero attached hydrogens (tertiary/aromatic N) is 2. The number of benzene rings is 1. The fourth-order valence-electron chi connectivity index (χ4n) is 1.92. The van der Waals surface area contributed by atoms with Crippen LogP contribution in [0.3, 0.4) is 0 Å². The fraction of sp³-hybridized carbons (Fsp3) is 0.214. The number of aromatic carboxylic acids is 1. The molecule has 5 nitrogen and oxygen atoms in total. The maximum atomic E-state index is 12.2. The van der Waals surface area contributed by atoms with E-state index >= 15 is 0 Å². The van der Waals surface area contributed by atoms with Crippen molar-refractivity contribution >= 4 is 17.7 Å². The molecule has 1 fully saturated rings. The second-order valence-electron chi connectivity index (χ2n) is 4.61. The predicted molar refractivity (Wildman–Crippen MR) is 74.3 cm³/mol. The largest absolute Gasteiger partial charge is 0.478 e. The standard InChI is InChI=1S/C14H12N2O3S/c17-13-12(15-6-7-16(13)10-4-5-10)20-11-3-1-2-9(8-11)14(18)19/h1-3,6-8,10H,4-5H2,(H,18,19). The van der Waals surface area contributed by atoms with Gasteiger partial charge >= 0.3 is 5.97 Å². The SMILES string of the molecule is O=C(O)c1cccc(Sc2nccn(C3CC3)c2=O)c1. The highest BCUT2D eigenvalue weighted by molar-refractivity contribution is 7.99. The van der Waals surface area contributed by atoms with Gasteiger partial charge < -0.3 is 9.67 Å². The van der Waals surface area contributed by atoms with Crippen molar-refractivity contribution in [1.29, 1.82) is 0 Å². The number of aromatic nitrogens is 2. The first-order valence-electron chi connectivity index (χ1n) is 6.23. The van der Waals surface area contributed by atoms with Crippen molar-refractivity contribution < 1.29 is 9.90 Å². The Balaban J connectivity index is 1.91. The molecule has 0 amide bonds. The lowest BCUT2D eigenvalue weighted by atomic mass is 10.2. The molecule has 0 saturated heterocycles. The Morgan fingerprint density at radius 3 is 2.90 bits per heavy atom. The Labute approximate surface area is 119 Å². The molecule has 0 atom stereocenters. The van der Waals surface area contributed by atoms with E-state index in [-0.39, 0.29) is 11.1 Å². The van der Waals surface area contributed by atoms with Gasteiger partial charge in [0, 0.05) is 23.3 Å². The smallest absolute Gasteiger partial charge is 0.335 e. The first kappa shape index (κ1) is 12.9. The van der Waals surface area contributed by atoms with Gasteiger partial charge in [0.25, 0.3) is 5.56 Å². The summed E-state index contributed by atoms with van der Waals surface area (Å²) < 4.78 is 1.70. The van der Waals surface area contributed by atoms with Crippen LogP contribution < -0.4 is 5.56 Å². The number of carbonyl (C=O) groups is 1. The number of hydrogen-bond donors (Lipinski definition) is 1. The van der Waals surface area contributed by atoms with Gasteiger partial charge in [0.15, 0.2) is 5.03 Å². The van der Waals surface area contributed by atoms with Gasteiger partial charge in [0.05, 0.1) is 5.56 Å². The average molecular weight is 288 g/mol. The van der Waals surface area contributed by atoms with Gasteiger partial charge in [-0.1, -0.05) is 17.8 Å². The van der Waals surface area contributed by atoms with Crippen molar-refractivity contribution in [3.05, 3.63) is 52.6 Å². The third-order valence-electron chi connectivity index (χ3n) is 3.07. The van der Waals surface area contributed by atoms with E-state index in [1.807, 2.05) is 0 Å². The Hall–Kier alpha value is -2.08. The summed E-state index contributed by atoms with van der Waals surface area (Å²) >= 11 is 1.20. The molecule has 1 aromatic carbocycles. The van der Waals surface area contributed by atoms with Gasteiger partial charge in [-0.25, -0.2) is 9.78 Å². The second kappa shape index (κ2) is 5.13. The summed E-state index contributed by atoms with van der Waals surface area (Å²) in [4.78, 5) is 28.0. The molecule has 1 aliphatic rings. The second-order valence-corrected chi connectivity index (χ2v) is 5.67. The summed E-state index contributed by atoms with van der Waals surface area (Å²) in [6, 6.07) is 6.80. The number of hydrogen-bond acceptors (Lipinski definition) is 4. The van der Waals surface area contributed by atoms with Gasteiger partial charge in [0.2, 0.25) is 0 Å². The van der Waals surface area contributed by atoms with Crippen LogP contribution in [0.5, 0.6) is 0 Å². The summed E-state index contributed by atoms with van der Waals surface area (Å²) in [5, 5.41) is 9.34. The van der Waals surface area contributed by atoms with Gasteiger partial charge in [-0.3, -0.25) is 4.79 Å². The van der Waals surface area contributed by atoms with Gasteiger partial charge in [-0.2, -0.15) is 0 Å². The molecule has 102 valence electrons. The predicted octanol–water partition coefficient (Wildman–Crippen LogP) is 2.43. The van der Waals surface area contributed by atoms with Crippen LogP contribution in [0.2, 0.25) is 0 Å². The normalized spacial score (nSPS) is 14.2. The van der Waals surface area contributed by atoms with E-state index in [0.717, 1.165) is 12.8 Å². The molecule has 1 heterocycles. The maximum Gasteiger partial charge on any atom is 0.335 e. The molecule has 3 rings (SSSR count). The lowest BCUT2D eigenvalue weighted by Gasteiger charge is -2.05. The monoisotopic (exact) mass is 288 g/mol. The van der Waals surface area contributed by atoms with Crippen molar-refractivity contribution in [3.63, 3.8) is 0 Å². The molecule has 0 radical (unpaired) electrons. The quantitative estimate of drug-likeness (QED) is 0.935. The Bertz CT molecular complexity index is 722. The highest BCUT2D eigenvalue weighted by Gasteiger charge is 2.25. The first-order chi connectivity index (χ1) is 9.65. The summed E-state index contributed by atoms with van der Waals surface area (Å²) in [5.74, 6) is -0.983. The van der Waals surface area contributed by atoms with Crippen LogP contribution in [0, 0.1) is 0 Å². The van der Waals surface area contributed by atoms with E-state index in [2.05, 4.69) is 4.98 Å². The molecule has 0 aliphatic heterocycles. The molecule has 1 aromatic heterocycles. The third-order valence-corrected chi connectivity index (χ3v) is 4.04. The zero-order chi connectivity index (χ0) is 14.1. The highest BCUT2D eigenvalue weighted by Crippen LogP contribution is 2.33. The first-order valence-corrected chi connectivity index (χ1v) is 7.05. The molecule has 1 saturated carbocycles. The Morgan fingerprint density at radius 1 is 1.40 bits per heavy atom. The van der Waals surface area contributed by atoms with E-state index < -0.39 is 5.97 Å². The number of carboxylic acid groups (broad SMARTS) is 1. The molecular weight excluding hydrogens is 276 g/mol. The highest BCUT2D eigenvalue weighted by atomic mass is 32.2. The van der Waals surface area contributed by atoms with Gasteiger partial charge in [-0.05, 0) is 31.0 Å². The molecule has 0 bridgehead atoms. The third kappa shape index (κ3) is 2.60. The summed E-state index contributed by atoms with van der Waals surface area (Å²) in [6.07, 6.45) is 5.38. The minimum Gasteiger partial charge on any atom is -0.478 e. The molecule has 1 N–H and O–H groups in total. The van der Waals surface area contributed by atoms with Crippen LogP contribution >= 0.6 is 11.8 Å². The Kier molecular flexibility index (Phi) is 3.31. The lowest BCUT2D eigenvalue weighted by molar-refractivity contribution is 0.0696. The van der Waals surface area contributed by atoms with Gasteiger partial charge in [0.1, 0.15) is 0 Å².